The molecule has 0 aliphatic heterocycles. The van der Waals surface area contributed by atoms with E-state index in [0.717, 1.165) is 22.3 Å². The molecule has 28 heavy (non-hydrogen) atoms. The molecule has 0 amide bonds. The molecule has 1 aromatic heterocycles. The van der Waals surface area contributed by atoms with Gasteiger partial charge in [0.1, 0.15) is 0 Å². The van der Waals surface area contributed by atoms with Crippen LogP contribution in [0.1, 0.15) is 0 Å². The molecule has 0 bridgehead atoms. The summed E-state index contributed by atoms with van der Waals surface area (Å²) in [6, 6.07) is 26.2. The van der Waals surface area contributed by atoms with Gasteiger partial charge in [-0.15, -0.1) is 0 Å². The molecule has 1 heterocycles. The second-order valence-corrected chi connectivity index (χ2v) is 6.24. The van der Waals surface area contributed by atoms with Crippen LogP contribution in [0.25, 0.3) is 33.6 Å². The Labute approximate surface area is 161 Å². The minimum Gasteiger partial charge on any atom is -0.368 e. The van der Waals surface area contributed by atoms with Crippen molar-refractivity contribution in [3.8, 4) is 33.6 Å². The summed E-state index contributed by atoms with van der Waals surface area (Å²) in [6.45, 7) is 0. The number of hydrogen-bond donors (Lipinski definition) is 1. The maximum atomic E-state index is 10.8. The number of aromatic nitrogens is 2. The van der Waals surface area contributed by atoms with E-state index in [1.807, 2.05) is 48.5 Å². The molecule has 0 aliphatic carbocycles. The molecule has 136 valence electrons. The van der Waals surface area contributed by atoms with Gasteiger partial charge < -0.3 is 5.73 Å². The fraction of sp³-hybridized carbons (Fsp3) is 0. The smallest absolute Gasteiger partial charge is 0.269 e. The van der Waals surface area contributed by atoms with Gasteiger partial charge in [-0.05, 0) is 29.3 Å². The Morgan fingerprint density at radius 1 is 0.679 bits per heavy atom. The maximum absolute atomic E-state index is 10.8. The van der Waals surface area contributed by atoms with Crippen LogP contribution in [-0.2, 0) is 0 Å². The minimum absolute atomic E-state index is 0.0301. The number of anilines is 1. The largest absolute Gasteiger partial charge is 0.368 e. The van der Waals surface area contributed by atoms with Gasteiger partial charge in [0.25, 0.3) is 5.69 Å². The number of benzene rings is 3. The number of rotatable bonds is 4. The van der Waals surface area contributed by atoms with E-state index >= 15 is 0 Å². The summed E-state index contributed by atoms with van der Waals surface area (Å²) in [4.78, 5) is 19.0. The molecule has 4 aromatic rings. The van der Waals surface area contributed by atoms with Crippen molar-refractivity contribution in [1.29, 1.82) is 0 Å². The van der Waals surface area contributed by atoms with Crippen LogP contribution in [0.15, 0.2) is 84.9 Å². The number of nitro groups is 1. The number of nitrogen functional groups attached to an aromatic ring is 1. The van der Waals surface area contributed by atoms with Gasteiger partial charge in [-0.1, -0.05) is 54.6 Å². The highest BCUT2D eigenvalue weighted by atomic mass is 16.6. The molecular weight excluding hydrogens is 352 g/mol. The first-order chi connectivity index (χ1) is 13.6. The predicted octanol–water partition coefficient (Wildman–Crippen LogP) is 4.97. The average Bonchev–Trinajstić information content (AvgIpc) is 2.74. The Morgan fingerprint density at radius 2 is 1.14 bits per heavy atom. The number of nitrogens with zero attached hydrogens (tertiary/aromatic N) is 3. The first kappa shape index (κ1) is 17.4. The van der Waals surface area contributed by atoms with Gasteiger partial charge in [0.15, 0.2) is 0 Å². The van der Waals surface area contributed by atoms with Crippen molar-refractivity contribution < 1.29 is 4.92 Å². The van der Waals surface area contributed by atoms with Gasteiger partial charge in [-0.3, -0.25) is 10.1 Å². The van der Waals surface area contributed by atoms with Gasteiger partial charge in [0.05, 0.1) is 16.3 Å². The van der Waals surface area contributed by atoms with Crippen molar-refractivity contribution >= 4 is 11.6 Å². The van der Waals surface area contributed by atoms with E-state index < -0.39 is 4.92 Å². The molecule has 0 radical (unpaired) electrons. The lowest BCUT2D eigenvalue weighted by molar-refractivity contribution is -0.384. The summed E-state index contributed by atoms with van der Waals surface area (Å²) in [6.07, 6.45) is 0. The predicted molar refractivity (Wildman–Crippen MR) is 109 cm³/mol. The monoisotopic (exact) mass is 368 g/mol. The Bertz CT molecular complexity index is 1130. The second kappa shape index (κ2) is 7.28. The average molecular weight is 368 g/mol. The van der Waals surface area contributed by atoms with E-state index in [0.29, 0.717) is 11.4 Å². The molecule has 3 aromatic carbocycles. The lowest BCUT2D eigenvalue weighted by atomic mass is 10.0. The summed E-state index contributed by atoms with van der Waals surface area (Å²) >= 11 is 0. The van der Waals surface area contributed by atoms with Crippen LogP contribution >= 0.6 is 0 Å². The highest BCUT2D eigenvalue weighted by Gasteiger charge is 2.10. The van der Waals surface area contributed by atoms with Gasteiger partial charge in [-0.2, -0.15) is 0 Å². The van der Waals surface area contributed by atoms with E-state index in [9.17, 15) is 10.1 Å². The Balaban J connectivity index is 1.68. The highest BCUT2D eigenvalue weighted by Crippen LogP contribution is 2.28. The van der Waals surface area contributed by atoms with Gasteiger partial charge >= 0.3 is 0 Å². The third-order valence-electron chi connectivity index (χ3n) is 4.41. The van der Waals surface area contributed by atoms with Crippen LogP contribution in [-0.4, -0.2) is 14.9 Å². The van der Waals surface area contributed by atoms with E-state index in [2.05, 4.69) is 22.1 Å². The molecule has 0 unspecified atom stereocenters. The zero-order chi connectivity index (χ0) is 19.5. The van der Waals surface area contributed by atoms with Crippen LogP contribution < -0.4 is 5.73 Å². The summed E-state index contributed by atoms with van der Waals surface area (Å²) in [5.41, 5.74) is 11.1. The van der Waals surface area contributed by atoms with Crippen molar-refractivity contribution in [2.75, 3.05) is 5.73 Å². The van der Waals surface area contributed by atoms with Crippen LogP contribution in [0.3, 0.4) is 0 Å². The standard InChI is InChI=1S/C22H16N4O2/c23-22-24-20(14-21(25-22)18-10-12-19(13-11-18)26(27)28)17-8-6-16(7-9-17)15-4-2-1-3-5-15/h1-14H,(H2,23,24,25). The van der Waals surface area contributed by atoms with Crippen LogP contribution in [0, 0.1) is 10.1 Å². The van der Waals surface area contributed by atoms with Crippen molar-refractivity contribution in [1.82, 2.24) is 9.97 Å². The summed E-state index contributed by atoms with van der Waals surface area (Å²) < 4.78 is 0. The number of nitrogens with two attached hydrogens (primary N) is 1. The number of hydrogen-bond acceptors (Lipinski definition) is 5. The molecule has 2 N–H and O–H groups in total. The first-order valence-electron chi connectivity index (χ1n) is 8.65. The summed E-state index contributed by atoms with van der Waals surface area (Å²) in [5.74, 6) is 0.151. The fourth-order valence-electron chi connectivity index (χ4n) is 2.98. The second-order valence-electron chi connectivity index (χ2n) is 6.24. The zero-order valence-electron chi connectivity index (χ0n) is 14.8. The third kappa shape index (κ3) is 3.57. The molecule has 0 saturated heterocycles. The quantitative estimate of drug-likeness (QED) is 0.405. The Morgan fingerprint density at radius 3 is 1.68 bits per heavy atom. The van der Waals surface area contributed by atoms with Gasteiger partial charge in [0.2, 0.25) is 5.95 Å². The lowest BCUT2D eigenvalue weighted by Crippen LogP contribution is -1.99. The fourth-order valence-corrected chi connectivity index (χ4v) is 2.98. The van der Waals surface area contributed by atoms with Crippen molar-refractivity contribution in [2.45, 2.75) is 0 Å². The Kier molecular flexibility index (Phi) is 4.51. The molecule has 0 atom stereocenters. The molecule has 0 spiro atoms. The Hall–Kier alpha value is -4.06. The lowest BCUT2D eigenvalue weighted by Gasteiger charge is -2.08. The summed E-state index contributed by atoms with van der Waals surface area (Å²) in [7, 11) is 0. The first-order valence-corrected chi connectivity index (χ1v) is 8.65. The molecule has 4 rings (SSSR count). The van der Waals surface area contributed by atoms with Crippen LogP contribution in [0.4, 0.5) is 11.6 Å². The third-order valence-corrected chi connectivity index (χ3v) is 4.41. The van der Waals surface area contributed by atoms with Crippen molar-refractivity contribution in [3.05, 3.63) is 95.0 Å². The minimum atomic E-state index is -0.433. The molecule has 6 nitrogen and oxygen atoms in total. The van der Waals surface area contributed by atoms with E-state index in [-0.39, 0.29) is 11.6 Å². The topological polar surface area (TPSA) is 94.9 Å². The molecular formula is C22H16N4O2. The van der Waals surface area contributed by atoms with Crippen molar-refractivity contribution in [3.63, 3.8) is 0 Å². The number of nitro benzene ring substituents is 1. The van der Waals surface area contributed by atoms with E-state index in [4.69, 9.17) is 5.73 Å². The molecule has 6 heteroatoms. The number of non-ortho nitro benzene ring substituents is 1. The van der Waals surface area contributed by atoms with E-state index in [1.54, 1.807) is 12.1 Å². The van der Waals surface area contributed by atoms with Gasteiger partial charge in [-0.25, -0.2) is 9.97 Å². The molecule has 0 saturated carbocycles. The maximum Gasteiger partial charge on any atom is 0.269 e. The van der Waals surface area contributed by atoms with Gasteiger partial charge in [0, 0.05) is 23.3 Å². The normalized spacial score (nSPS) is 10.6. The van der Waals surface area contributed by atoms with Crippen molar-refractivity contribution in [2.24, 2.45) is 0 Å². The van der Waals surface area contributed by atoms with Crippen LogP contribution in [0.2, 0.25) is 0 Å². The molecule has 0 fully saturated rings. The SMILES string of the molecule is Nc1nc(-c2ccc(-c3ccccc3)cc2)cc(-c2ccc([N+](=O)[O-])cc2)n1. The zero-order valence-corrected chi connectivity index (χ0v) is 14.8. The molecule has 0 aliphatic rings. The van der Waals surface area contributed by atoms with Crippen LogP contribution in [0.5, 0.6) is 0 Å². The highest BCUT2D eigenvalue weighted by molar-refractivity contribution is 5.72. The van der Waals surface area contributed by atoms with E-state index in [1.165, 1.54) is 12.1 Å². The summed E-state index contributed by atoms with van der Waals surface area (Å²) in [5, 5.41) is 10.8.